The van der Waals surface area contributed by atoms with Crippen LogP contribution in [0.5, 0.6) is 0 Å². The molecule has 3 aromatic carbocycles. The minimum atomic E-state index is -4.71. The lowest BCUT2D eigenvalue weighted by molar-refractivity contribution is -0.150. The molecule has 0 saturated heterocycles. The number of ether oxygens (including phenoxy) is 2. The van der Waals surface area contributed by atoms with Gasteiger partial charge >= 0.3 is 18.1 Å². The van der Waals surface area contributed by atoms with Crippen LogP contribution in [-0.4, -0.2) is 31.9 Å². The van der Waals surface area contributed by atoms with Crippen LogP contribution >= 0.6 is 0 Å². The van der Waals surface area contributed by atoms with E-state index in [1.807, 2.05) is 0 Å². The third kappa shape index (κ3) is 5.15. The van der Waals surface area contributed by atoms with E-state index in [1.54, 1.807) is 30.3 Å². The van der Waals surface area contributed by atoms with Crippen molar-refractivity contribution in [2.75, 3.05) is 19.1 Å². The third-order valence-corrected chi connectivity index (χ3v) is 7.77. The predicted octanol–water partition coefficient (Wildman–Crippen LogP) is 5.59. The molecular weight excluding hydrogens is 568 g/mol. The number of anilines is 1. The number of hydrogen-bond donors (Lipinski definition) is 1. The summed E-state index contributed by atoms with van der Waals surface area (Å²) in [6.45, 7) is 0. The fourth-order valence-electron chi connectivity index (χ4n) is 5.88. The van der Waals surface area contributed by atoms with Gasteiger partial charge in [0.25, 0.3) is 0 Å². The quantitative estimate of drug-likeness (QED) is 0.234. The van der Waals surface area contributed by atoms with Gasteiger partial charge in [0.15, 0.2) is 5.78 Å². The van der Waals surface area contributed by atoms with Crippen LogP contribution in [0, 0.1) is 11.7 Å². The number of esters is 2. The van der Waals surface area contributed by atoms with Crippen molar-refractivity contribution in [1.82, 2.24) is 0 Å². The average Bonchev–Trinajstić information content (AvgIpc) is 3.00. The summed E-state index contributed by atoms with van der Waals surface area (Å²) in [7, 11) is 2.19. The number of carbonyl (C=O) groups excluding carboxylic acids is 3. The minimum absolute atomic E-state index is 0.0821. The highest BCUT2D eigenvalue weighted by Crippen LogP contribution is 2.52. The fraction of sp³-hybridized carbons (Fsp3) is 0.219. The zero-order chi connectivity index (χ0) is 31.1. The van der Waals surface area contributed by atoms with Crippen LogP contribution in [0.25, 0.3) is 0 Å². The van der Waals surface area contributed by atoms with Crippen molar-refractivity contribution >= 4 is 23.4 Å². The molecule has 222 valence electrons. The van der Waals surface area contributed by atoms with Crippen LogP contribution in [-0.2, 0) is 30.0 Å². The van der Waals surface area contributed by atoms with Gasteiger partial charge in [-0.15, -0.1) is 0 Å². The number of halogens is 4. The first kappa shape index (κ1) is 29.6. The first-order valence-electron chi connectivity index (χ1n) is 13.2. The lowest BCUT2D eigenvalue weighted by Crippen LogP contribution is -2.46. The smallest absolute Gasteiger partial charge is 0.416 e. The van der Waals surface area contributed by atoms with Gasteiger partial charge in [-0.05, 0) is 36.2 Å². The number of nitrogens with zero attached hydrogens (tertiary/aromatic N) is 1. The van der Waals surface area contributed by atoms with E-state index in [9.17, 15) is 27.6 Å². The molecule has 0 fully saturated rings. The Morgan fingerprint density at radius 2 is 1.60 bits per heavy atom. The number of Topliss-reactive ketones (excluding diaryl/α,β-unsaturated/α-hetero) is 1. The van der Waals surface area contributed by atoms with Crippen molar-refractivity contribution in [3.63, 3.8) is 0 Å². The van der Waals surface area contributed by atoms with Crippen molar-refractivity contribution in [2.45, 2.75) is 24.4 Å². The molecule has 1 aliphatic carbocycles. The summed E-state index contributed by atoms with van der Waals surface area (Å²) < 4.78 is 66.8. The molecule has 3 aromatic rings. The Kier molecular flexibility index (Phi) is 7.83. The van der Waals surface area contributed by atoms with Gasteiger partial charge in [0.05, 0.1) is 31.3 Å². The summed E-state index contributed by atoms with van der Waals surface area (Å²) in [4.78, 5) is 42.2. The molecule has 43 heavy (non-hydrogen) atoms. The Balaban J connectivity index is 1.86. The van der Waals surface area contributed by atoms with E-state index in [1.165, 1.54) is 35.2 Å². The van der Waals surface area contributed by atoms with E-state index >= 15 is 4.39 Å². The molecular formula is C32H26F4N2O5. The highest BCUT2D eigenvalue weighted by atomic mass is 19.4. The molecule has 7 nitrogen and oxygen atoms in total. The van der Waals surface area contributed by atoms with E-state index in [-0.39, 0.29) is 40.3 Å². The predicted molar refractivity (Wildman–Crippen MR) is 148 cm³/mol. The number of nitrogens with two attached hydrogens (primary N) is 1. The maximum Gasteiger partial charge on any atom is 0.416 e. The van der Waals surface area contributed by atoms with Crippen LogP contribution < -0.4 is 10.6 Å². The van der Waals surface area contributed by atoms with Gasteiger partial charge < -0.3 is 15.2 Å². The summed E-state index contributed by atoms with van der Waals surface area (Å²) >= 11 is 0. The van der Waals surface area contributed by atoms with Crippen LogP contribution in [0.4, 0.5) is 23.2 Å². The van der Waals surface area contributed by atoms with E-state index in [0.717, 1.165) is 32.4 Å². The Morgan fingerprint density at radius 1 is 0.930 bits per heavy atom. The second-order valence-corrected chi connectivity index (χ2v) is 10.1. The SMILES string of the molecule is COC(=O)C1=C(N)N(c2cccc(C(F)(F)F)c2)C2=C(C(=O)[C@H](C(=O)OC)[C@@H](c3ccccc3)C2)[C@H]1c1ccccc1F. The molecule has 0 radical (unpaired) electrons. The number of allylic oxidation sites excluding steroid dienone is 2. The lowest BCUT2D eigenvalue weighted by Gasteiger charge is -2.44. The fourth-order valence-corrected chi connectivity index (χ4v) is 5.88. The first-order chi connectivity index (χ1) is 20.5. The van der Waals surface area contributed by atoms with Crippen LogP contribution in [0.3, 0.4) is 0 Å². The second-order valence-electron chi connectivity index (χ2n) is 10.1. The van der Waals surface area contributed by atoms with Crippen molar-refractivity contribution in [3.8, 4) is 0 Å². The van der Waals surface area contributed by atoms with Gasteiger partial charge in [-0.25, -0.2) is 9.18 Å². The highest BCUT2D eigenvalue weighted by molar-refractivity contribution is 6.14. The van der Waals surface area contributed by atoms with Gasteiger partial charge in [0.1, 0.15) is 17.6 Å². The number of alkyl halides is 3. The number of carbonyl (C=O) groups is 3. The molecule has 2 N–H and O–H groups in total. The maximum absolute atomic E-state index is 15.4. The molecule has 1 aliphatic heterocycles. The molecule has 5 rings (SSSR count). The molecule has 2 aliphatic rings. The molecule has 1 heterocycles. The van der Waals surface area contributed by atoms with Gasteiger partial charge in [-0.3, -0.25) is 14.5 Å². The molecule has 3 atom stereocenters. The normalized spacial score (nSPS) is 20.6. The average molecular weight is 595 g/mol. The summed E-state index contributed by atoms with van der Waals surface area (Å²) in [6.07, 6.45) is -4.80. The largest absolute Gasteiger partial charge is 0.468 e. The van der Waals surface area contributed by atoms with Gasteiger partial charge in [0, 0.05) is 28.4 Å². The van der Waals surface area contributed by atoms with Crippen LogP contribution in [0.2, 0.25) is 0 Å². The molecule has 0 spiro atoms. The van der Waals surface area contributed by atoms with Crippen LogP contribution in [0.15, 0.2) is 102 Å². The number of methoxy groups -OCH3 is 2. The van der Waals surface area contributed by atoms with Gasteiger partial charge in [-0.1, -0.05) is 54.6 Å². The van der Waals surface area contributed by atoms with E-state index in [0.29, 0.717) is 5.56 Å². The summed E-state index contributed by atoms with van der Waals surface area (Å²) in [5.41, 5.74) is 5.58. The maximum atomic E-state index is 15.4. The molecule has 0 saturated carbocycles. The zero-order valence-corrected chi connectivity index (χ0v) is 23.0. The second kappa shape index (κ2) is 11.4. The first-order valence-corrected chi connectivity index (χ1v) is 13.2. The number of hydrogen-bond acceptors (Lipinski definition) is 7. The molecule has 0 aromatic heterocycles. The highest BCUT2D eigenvalue weighted by Gasteiger charge is 2.51. The lowest BCUT2D eigenvalue weighted by atomic mass is 9.67. The van der Waals surface area contributed by atoms with Crippen molar-refractivity contribution < 1.29 is 41.4 Å². The van der Waals surface area contributed by atoms with E-state index in [2.05, 4.69) is 0 Å². The van der Waals surface area contributed by atoms with Crippen molar-refractivity contribution in [1.29, 1.82) is 0 Å². The third-order valence-electron chi connectivity index (χ3n) is 7.77. The Hall–Kier alpha value is -4.93. The van der Waals surface area contributed by atoms with Crippen LogP contribution in [0.1, 0.15) is 34.9 Å². The van der Waals surface area contributed by atoms with E-state index < -0.39 is 53.0 Å². The molecule has 0 unspecified atom stereocenters. The zero-order valence-electron chi connectivity index (χ0n) is 23.0. The number of benzene rings is 3. The molecule has 11 heteroatoms. The molecule has 0 amide bonds. The summed E-state index contributed by atoms with van der Waals surface area (Å²) in [5, 5.41) is 0. The number of ketones is 1. The summed E-state index contributed by atoms with van der Waals surface area (Å²) in [6, 6.07) is 18.3. The van der Waals surface area contributed by atoms with Gasteiger partial charge in [-0.2, -0.15) is 13.2 Å². The monoisotopic (exact) mass is 594 g/mol. The summed E-state index contributed by atoms with van der Waals surface area (Å²) in [5.74, 6) is -7.41. The Labute approximate surface area is 244 Å². The van der Waals surface area contributed by atoms with Crippen molar-refractivity contribution in [3.05, 3.63) is 124 Å². The van der Waals surface area contributed by atoms with E-state index in [4.69, 9.17) is 15.2 Å². The minimum Gasteiger partial charge on any atom is -0.468 e. The topological polar surface area (TPSA) is 98.9 Å². The standard InChI is InChI=1S/C32H26F4N2O5/c1-42-30(40)25-21(17-9-4-3-5-10-17)16-23-26(28(25)39)24(20-13-6-7-14-22(20)33)27(31(41)43-2)29(37)38(23)19-12-8-11-18(15-19)32(34,35)36/h3-15,21,24-25H,16,37H2,1-2H3/t21-,24-,25-/m1/s1. The van der Waals surface area contributed by atoms with Crippen molar-refractivity contribution in [2.24, 2.45) is 11.7 Å². The Morgan fingerprint density at radius 3 is 2.23 bits per heavy atom. The molecule has 0 bridgehead atoms. The van der Waals surface area contributed by atoms with Gasteiger partial charge in [0.2, 0.25) is 0 Å². The Bertz CT molecular complexity index is 1670. The number of rotatable bonds is 5.